The fraction of sp³-hybridized carbons (Fsp3) is 0.160. The number of hydrogen-bond acceptors (Lipinski definition) is 4. The molecule has 0 spiro atoms. The molecule has 0 aliphatic heterocycles. The smallest absolute Gasteiger partial charge is 0.337 e. The van der Waals surface area contributed by atoms with E-state index in [0.29, 0.717) is 27.3 Å². The summed E-state index contributed by atoms with van der Waals surface area (Å²) in [6, 6.07) is 20.0. The van der Waals surface area contributed by atoms with Crippen molar-refractivity contribution in [1.82, 2.24) is 4.90 Å². The molecule has 174 valence electrons. The normalized spacial score (nSPS) is 10.9. The molecule has 0 aliphatic rings. The van der Waals surface area contributed by atoms with Crippen molar-refractivity contribution in [2.45, 2.75) is 17.6 Å². The van der Waals surface area contributed by atoms with Crippen molar-refractivity contribution < 1.29 is 22.8 Å². The number of amides is 2. The summed E-state index contributed by atoms with van der Waals surface area (Å²) in [5.41, 5.74) is 1.14. The van der Waals surface area contributed by atoms with Gasteiger partial charge >= 0.3 is 6.18 Å². The molecular formula is C25H20F3N3O2S. The predicted octanol–water partition coefficient (Wildman–Crippen LogP) is 5.58. The minimum absolute atomic E-state index is 0.0453. The molecule has 0 heterocycles. The van der Waals surface area contributed by atoms with Crippen LogP contribution in [0.15, 0.2) is 77.7 Å². The van der Waals surface area contributed by atoms with Gasteiger partial charge in [-0.2, -0.15) is 18.4 Å². The largest absolute Gasteiger partial charge is 0.416 e. The van der Waals surface area contributed by atoms with Crippen LogP contribution in [0.3, 0.4) is 0 Å². The summed E-state index contributed by atoms with van der Waals surface area (Å²) in [6.45, 7) is 0.131. The highest BCUT2D eigenvalue weighted by atomic mass is 32.2. The molecule has 34 heavy (non-hydrogen) atoms. The third kappa shape index (κ3) is 6.62. The second kappa shape index (κ2) is 10.9. The number of nitrogens with zero attached hydrogens (tertiary/aromatic N) is 2. The maximum atomic E-state index is 13.0. The topological polar surface area (TPSA) is 73.2 Å². The van der Waals surface area contributed by atoms with Gasteiger partial charge in [0.1, 0.15) is 0 Å². The minimum atomic E-state index is -4.42. The highest BCUT2D eigenvalue weighted by Gasteiger charge is 2.30. The zero-order valence-electron chi connectivity index (χ0n) is 18.1. The van der Waals surface area contributed by atoms with Gasteiger partial charge in [0.05, 0.1) is 28.5 Å². The van der Waals surface area contributed by atoms with Gasteiger partial charge in [-0.15, -0.1) is 11.8 Å². The van der Waals surface area contributed by atoms with Gasteiger partial charge in [0, 0.05) is 24.2 Å². The van der Waals surface area contributed by atoms with Gasteiger partial charge in [-0.1, -0.05) is 30.3 Å². The van der Waals surface area contributed by atoms with Crippen molar-refractivity contribution in [1.29, 1.82) is 5.26 Å². The third-order valence-electron chi connectivity index (χ3n) is 4.80. The Balaban J connectivity index is 1.63. The zero-order valence-corrected chi connectivity index (χ0v) is 18.9. The lowest BCUT2D eigenvalue weighted by Crippen LogP contribution is -2.26. The maximum absolute atomic E-state index is 13.0. The number of hydrogen-bond donors (Lipinski definition) is 1. The minimum Gasteiger partial charge on any atom is -0.337 e. The molecular weight excluding hydrogens is 463 g/mol. The second-order valence-corrected chi connectivity index (χ2v) is 8.40. The highest BCUT2D eigenvalue weighted by Crippen LogP contribution is 2.29. The fourth-order valence-corrected chi connectivity index (χ4v) is 3.97. The average Bonchev–Trinajstić information content (AvgIpc) is 2.82. The lowest BCUT2D eigenvalue weighted by atomic mass is 10.1. The van der Waals surface area contributed by atoms with E-state index in [4.69, 9.17) is 5.26 Å². The molecule has 0 unspecified atom stereocenters. The van der Waals surface area contributed by atoms with Gasteiger partial charge in [0.15, 0.2) is 0 Å². The summed E-state index contributed by atoms with van der Waals surface area (Å²) in [7, 11) is 1.57. The third-order valence-corrected chi connectivity index (χ3v) is 5.87. The standard InChI is InChI=1S/C25H20F3N3O2S/c1-31(15-17-9-11-19(12-10-17)25(26,27)28)24(33)21-7-2-3-8-22(21)34-16-23(32)30-20-6-4-5-18(13-20)14-29/h2-13H,15-16H2,1H3,(H,30,32). The number of halogens is 3. The van der Waals surface area contributed by atoms with Gasteiger partial charge in [-0.05, 0) is 48.0 Å². The van der Waals surface area contributed by atoms with E-state index in [1.807, 2.05) is 6.07 Å². The van der Waals surface area contributed by atoms with Gasteiger partial charge < -0.3 is 10.2 Å². The van der Waals surface area contributed by atoms with E-state index < -0.39 is 11.7 Å². The van der Waals surface area contributed by atoms with Crippen molar-refractivity contribution in [2.24, 2.45) is 0 Å². The first-order valence-electron chi connectivity index (χ1n) is 10.1. The Kier molecular flexibility index (Phi) is 7.97. The first-order valence-corrected chi connectivity index (χ1v) is 11.1. The Morgan fingerprint density at radius 3 is 2.41 bits per heavy atom. The summed E-state index contributed by atoms with van der Waals surface area (Å²) in [6.07, 6.45) is -4.42. The number of anilines is 1. The average molecular weight is 484 g/mol. The van der Waals surface area contributed by atoms with Gasteiger partial charge in [0.25, 0.3) is 5.91 Å². The Labute approximate surface area is 199 Å². The van der Waals surface area contributed by atoms with Crippen molar-refractivity contribution >= 4 is 29.3 Å². The van der Waals surface area contributed by atoms with E-state index in [-0.39, 0.29) is 24.1 Å². The number of carbonyl (C=O) groups is 2. The molecule has 1 N–H and O–H groups in total. The maximum Gasteiger partial charge on any atom is 0.416 e. The summed E-state index contributed by atoms with van der Waals surface area (Å²) < 4.78 is 38.3. The molecule has 0 atom stereocenters. The van der Waals surface area contributed by atoms with E-state index in [2.05, 4.69) is 5.32 Å². The molecule has 0 radical (unpaired) electrons. The van der Waals surface area contributed by atoms with Crippen molar-refractivity contribution in [3.63, 3.8) is 0 Å². The summed E-state index contributed by atoms with van der Waals surface area (Å²) in [4.78, 5) is 27.4. The molecule has 0 bridgehead atoms. The van der Waals surface area contributed by atoms with E-state index in [1.54, 1.807) is 55.6 Å². The molecule has 5 nitrogen and oxygen atoms in total. The number of thioether (sulfide) groups is 1. The van der Waals surface area contributed by atoms with Crippen LogP contribution in [-0.4, -0.2) is 29.5 Å². The molecule has 0 aromatic heterocycles. The van der Waals surface area contributed by atoms with Crippen LogP contribution in [0, 0.1) is 11.3 Å². The number of carbonyl (C=O) groups excluding carboxylic acids is 2. The number of nitriles is 1. The lowest BCUT2D eigenvalue weighted by Gasteiger charge is -2.19. The van der Waals surface area contributed by atoms with Crippen LogP contribution in [0.1, 0.15) is 27.0 Å². The van der Waals surface area contributed by atoms with Crippen LogP contribution in [0.4, 0.5) is 18.9 Å². The predicted molar refractivity (Wildman–Crippen MR) is 124 cm³/mol. The van der Waals surface area contributed by atoms with E-state index in [9.17, 15) is 22.8 Å². The summed E-state index contributed by atoms with van der Waals surface area (Å²) >= 11 is 1.19. The van der Waals surface area contributed by atoms with Crippen molar-refractivity contribution in [3.05, 3.63) is 95.1 Å². The molecule has 2 amide bonds. The molecule has 0 saturated carbocycles. The highest BCUT2D eigenvalue weighted by molar-refractivity contribution is 8.00. The molecule has 0 saturated heterocycles. The molecule has 9 heteroatoms. The van der Waals surface area contributed by atoms with Gasteiger partial charge in [-0.25, -0.2) is 0 Å². The van der Waals surface area contributed by atoms with Gasteiger partial charge in [0.2, 0.25) is 5.91 Å². The number of benzene rings is 3. The Bertz CT molecular complexity index is 1220. The monoisotopic (exact) mass is 483 g/mol. The molecule has 3 rings (SSSR count). The van der Waals surface area contributed by atoms with E-state index >= 15 is 0 Å². The van der Waals surface area contributed by atoms with Crippen LogP contribution in [0.5, 0.6) is 0 Å². The number of rotatable bonds is 7. The number of alkyl halides is 3. The summed E-state index contributed by atoms with van der Waals surface area (Å²) in [5.74, 6) is -0.561. The molecule has 0 aliphatic carbocycles. The van der Waals surface area contributed by atoms with E-state index in [1.165, 1.54) is 28.8 Å². The van der Waals surface area contributed by atoms with Crippen LogP contribution in [0.25, 0.3) is 0 Å². The van der Waals surface area contributed by atoms with Gasteiger partial charge in [-0.3, -0.25) is 9.59 Å². The molecule has 3 aromatic rings. The molecule has 3 aromatic carbocycles. The first-order chi connectivity index (χ1) is 16.2. The Morgan fingerprint density at radius 1 is 1.03 bits per heavy atom. The fourth-order valence-electron chi connectivity index (χ4n) is 3.13. The van der Waals surface area contributed by atoms with Crippen LogP contribution < -0.4 is 5.32 Å². The van der Waals surface area contributed by atoms with Crippen LogP contribution >= 0.6 is 11.8 Å². The second-order valence-electron chi connectivity index (χ2n) is 7.38. The van der Waals surface area contributed by atoms with Crippen molar-refractivity contribution in [2.75, 3.05) is 18.1 Å². The first kappa shape index (κ1) is 24.9. The SMILES string of the molecule is CN(Cc1ccc(C(F)(F)F)cc1)C(=O)c1ccccc1SCC(=O)Nc1cccc(C#N)c1. The lowest BCUT2D eigenvalue weighted by molar-refractivity contribution is -0.137. The summed E-state index contributed by atoms with van der Waals surface area (Å²) in [5, 5.41) is 11.7. The van der Waals surface area contributed by atoms with Crippen LogP contribution in [0.2, 0.25) is 0 Å². The quantitative estimate of drug-likeness (QED) is 0.446. The Morgan fingerprint density at radius 2 is 1.74 bits per heavy atom. The Hall–Kier alpha value is -3.77. The van der Waals surface area contributed by atoms with Crippen LogP contribution in [-0.2, 0) is 17.5 Å². The van der Waals surface area contributed by atoms with E-state index in [0.717, 1.165) is 12.1 Å². The molecule has 0 fully saturated rings. The van der Waals surface area contributed by atoms with Crippen molar-refractivity contribution in [3.8, 4) is 6.07 Å². The number of nitrogens with one attached hydrogen (secondary N) is 1. The zero-order chi connectivity index (χ0) is 24.7.